The van der Waals surface area contributed by atoms with Gasteiger partial charge in [-0.25, -0.2) is 0 Å². The topological polar surface area (TPSA) is 62.1 Å². The van der Waals surface area contributed by atoms with Crippen molar-refractivity contribution in [2.45, 2.75) is 0 Å². The number of aromatic amines is 1. The van der Waals surface area contributed by atoms with Crippen molar-refractivity contribution in [3.05, 3.63) is 48.7 Å². The monoisotopic (exact) mass is 226 g/mol. The average molecular weight is 226 g/mol. The van der Waals surface area contributed by atoms with E-state index in [4.69, 9.17) is 4.42 Å². The largest absolute Gasteiger partial charge is 0.504 e. The Labute approximate surface area is 97.5 Å². The van der Waals surface area contributed by atoms with Gasteiger partial charge in [0.05, 0.1) is 6.26 Å². The number of H-pyrrole nitrogens is 1. The van der Waals surface area contributed by atoms with Gasteiger partial charge in [0.2, 0.25) is 0 Å². The minimum absolute atomic E-state index is 0.103. The van der Waals surface area contributed by atoms with Crippen LogP contribution in [0.3, 0.4) is 0 Å². The fourth-order valence-electron chi connectivity index (χ4n) is 1.73. The van der Waals surface area contributed by atoms with Crippen LogP contribution in [-0.2, 0) is 0 Å². The molecule has 17 heavy (non-hydrogen) atoms. The molecule has 3 aromatic rings. The molecule has 0 radical (unpaired) electrons. The Hall–Kier alpha value is -2.49. The molecule has 4 heteroatoms. The minimum Gasteiger partial charge on any atom is -0.504 e. The fraction of sp³-hybridized carbons (Fsp3) is 0. The van der Waals surface area contributed by atoms with Gasteiger partial charge in [0.25, 0.3) is 0 Å². The predicted molar refractivity (Wildman–Crippen MR) is 63.4 cm³/mol. The summed E-state index contributed by atoms with van der Waals surface area (Å²) in [7, 11) is 0. The molecule has 0 bridgehead atoms. The molecule has 0 atom stereocenters. The summed E-state index contributed by atoms with van der Waals surface area (Å²) in [6.07, 6.45) is 1.55. The van der Waals surface area contributed by atoms with E-state index in [0.29, 0.717) is 17.1 Å². The van der Waals surface area contributed by atoms with Crippen LogP contribution in [0.15, 0.2) is 53.1 Å². The number of hydrogen-bond donors (Lipinski definition) is 2. The van der Waals surface area contributed by atoms with Gasteiger partial charge in [-0.2, -0.15) is 5.10 Å². The van der Waals surface area contributed by atoms with Crippen LogP contribution in [-0.4, -0.2) is 15.3 Å². The first kappa shape index (κ1) is 9.72. The van der Waals surface area contributed by atoms with E-state index in [1.807, 2.05) is 30.3 Å². The van der Waals surface area contributed by atoms with Crippen molar-refractivity contribution in [2.75, 3.05) is 0 Å². The predicted octanol–water partition coefficient (Wildman–Crippen LogP) is 3.04. The molecule has 2 aromatic heterocycles. The highest BCUT2D eigenvalue weighted by atomic mass is 16.3. The zero-order chi connectivity index (χ0) is 11.7. The first-order valence-electron chi connectivity index (χ1n) is 5.23. The maximum absolute atomic E-state index is 10.1. The molecule has 1 aromatic carbocycles. The number of hydrogen-bond acceptors (Lipinski definition) is 3. The number of nitrogens with zero attached hydrogens (tertiary/aromatic N) is 1. The second-order valence-electron chi connectivity index (χ2n) is 3.64. The zero-order valence-corrected chi connectivity index (χ0v) is 8.92. The minimum atomic E-state index is 0.103. The number of benzene rings is 1. The smallest absolute Gasteiger partial charge is 0.172 e. The Morgan fingerprint density at radius 3 is 2.59 bits per heavy atom. The summed E-state index contributed by atoms with van der Waals surface area (Å²) in [6, 6.07) is 13.0. The number of furan rings is 1. The molecule has 0 saturated heterocycles. The number of rotatable bonds is 2. The Balaban J connectivity index is 2.10. The van der Waals surface area contributed by atoms with Crippen molar-refractivity contribution < 1.29 is 9.52 Å². The first-order valence-corrected chi connectivity index (χ1v) is 5.23. The van der Waals surface area contributed by atoms with Crippen molar-refractivity contribution >= 4 is 0 Å². The first-order chi connectivity index (χ1) is 8.36. The van der Waals surface area contributed by atoms with Crippen LogP contribution in [0.1, 0.15) is 0 Å². The maximum Gasteiger partial charge on any atom is 0.172 e. The summed E-state index contributed by atoms with van der Waals surface area (Å²) in [5.74, 6) is 0.670. The third kappa shape index (κ3) is 1.59. The van der Waals surface area contributed by atoms with Crippen LogP contribution in [0.4, 0.5) is 0 Å². The van der Waals surface area contributed by atoms with Crippen LogP contribution in [0, 0.1) is 0 Å². The summed E-state index contributed by atoms with van der Waals surface area (Å²) in [4.78, 5) is 0. The summed E-state index contributed by atoms with van der Waals surface area (Å²) in [5.41, 5.74) is 1.88. The van der Waals surface area contributed by atoms with Gasteiger partial charge in [0.15, 0.2) is 11.5 Å². The lowest BCUT2D eigenvalue weighted by Gasteiger charge is -1.97. The van der Waals surface area contributed by atoms with E-state index in [1.54, 1.807) is 18.4 Å². The van der Waals surface area contributed by atoms with Gasteiger partial charge in [0.1, 0.15) is 11.4 Å². The molecule has 4 nitrogen and oxygen atoms in total. The Morgan fingerprint density at radius 1 is 1.06 bits per heavy atom. The van der Waals surface area contributed by atoms with Crippen LogP contribution in [0.5, 0.6) is 5.75 Å². The molecule has 2 N–H and O–H groups in total. The molecular weight excluding hydrogens is 216 g/mol. The van der Waals surface area contributed by atoms with Crippen molar-refractivity contribution in [1.82, 2.24) is 10.2 Å². The standard InChI is InChI=1S/C13H10N2O2/c16-13-11(9-5-2-1-3-6-9)14-15-12(13)10-7-4-8-17-10/h1-8,16H,(H,14,15). The Kier molecular flexibility index (Phi) is 2.19. The summed E-state index contributed by atoms with van der Waals surface area (Å²) < 4.78 is 5.22. The molecule has 0 aliphatic carbocycles. The molecule has 84 valence electrons. The molecule has 0 aliphatic heterocycles. The van der Waals surface area contributed by atoms with Crippen molar-refractivity contribution in [3.8, 4) is 28.5 Å². The molecule has 0 fully saturated rings. The van der Waals surface area contributed by atoms with Gasteiger partial charge < -0.3 is 9.52 Å². The van der Waals surface area contributed by atoms with Crippen LogP contribution in [0.2, 0.25) is 0 Å². The highest BCUT2D eigenvalue weighted by Crippen LogP contribution is 2.35. The highest BCUT2D eigenvalue weighted by Gasteiger charge is 2.16. The van der Waals surface area contributed by atoms with E-state index in [2.05, 4.69) is 10.2 Å². The van der Waals surface area contributed by atoms with Gasteiger partial charge in [-0.1, -0.05) is 30.3 Å². The Morgan fingerprint density at radius 2 is 1.88 bits per heavy atom. The fourth-order valence-corrected chi connectivity index (χ4v) is 1.73. The Bertz CT molecular complexity index is 612. The van der Waals surface area contributed by atoms with Gasteiger partial charge >= 0.3 is 0 Å². The lowest BCUT2D eigenvalue weighted by molar-refractivity contribution is 0.476. The van der Waals surface area contributed by atoms with Crippen molar-refractivity contribution in [1.29, 1.82) is 0 Å². The third-order valence-electron chi connectivity index (χ3n) is 2.56. The molecule has 0 amide bonds. The second-order valence-corrected chi connectivity index (χ2v) is 3.64. The van der Waals surface area contributed by atoms with Crippen molar-refractivity contribution in [2.24, 2.45) is 0 Å². The second kappa shape index (κ2) is 3.83. The summed E-state index contributed by atoms with van der Waals surface area (Å²) in [6.45, 7) is 0. The number of aromatic nitrogens is 2. The van der Waals surface area contributed by atoms with Crippen LogP contribution in [0.25, 0.3) is 22.7 Å². The zero-order valence-electron chi connectivity index (χ0n) is 8.92. The van der Waals surface area contributed by atoms with E-state index < -0.39 is 0 Å². The quantitative estimate of drug-likeness (QED) is 0.706. The third-order valence-corrected chi connectivity index (χ3v) is 2.56. The average Bonchev–Trinajstić information content (AvgIpc) is 2.99. The van der Waals surface area contributed by atoms with Gasteiger partial charge in [-0.15, -0.1) is 0 Å². The summed E-state index contributed by atoms with van der Waals surface area (Å²) >= 11 is 0. The van der Waals surface area contributed by atoms with Crippen LogP contribution >= 0.6 is 0 Å². The van der Waals surface area contributed by atoms with E-state index in [0.717, 1.165) is 5.56 Å². The molecule has 0 spiro atoms. The molecule has 0 unspecified atom stereocenters. The van der Waals surface area contributed by atoms with E-state index in [-0.39, 0.29) is 5.75 Å². The molecule has 2 heterocycles. The number of aromatic hydroxyl groups is 1. The van der Waals surface area contributed by atoms with E-state index in [1.165, 1.54) is 0 Å². The number of nitrogens with one attached hydrogen (secondary N) is 1. The molecule has 0 aliphatic rings. The van der Waals surface area contributed by atoms with Gasteiger partial charge in [-0.3, -0.25) is 5.10 Å². The molecule has 3 rings (SSSR count). The molecular formula is C13H10N2O2. The SMILES string of the molecule is Oc1c(-c2ccccc2)n[nH]c1-c1ccco1. The maximum atomic E-state index is 10.1. The van der Waals surface area contributed by atoms with Crippen LogP contribution < -0.4 is 0 Å². The molecule has 0 saturated carbocycles. The lowest BCUT2D eigenvalue weighted by Crippen LogP contribution is -1.76. The van der Waals surface area contributed by atoms with E-state index >= 15 is 0 Å². The normalized spacial score (nSPS) is 10.6. The summed E-state index contributed by atoms with van der Waals surface area (Å²) in [5, 5.41) is 17.0. The van der Waals surface area contributed by atoms with E-state index in [9.17, 15) is 5.11 Å². The lowest BCUT2D eigenvalue weighted by atomic mass is 10.1. The van der Waals surface area contributed by atoms with Gasteiger partial charge in [0, 0.05) is 5.56 Å². The highest BCUT2D eigenvalue weighted by molar-refractivity contribution is 5.75. The van der Waals surface area contributed by atoms with Crippen molar-refractivity contribution in [3.63, 3.8) is 0 Å². The van der Waals surface area contributed by atoms with Gasteiger partial charge in [-0.05, 0) is 12.1 Å².